The molecule has 0 aromatic heterocycles. The summed E-state index contributed by atoms with van der Waals surface area (Å²) < 4.78 is 13.2. The van der Waals surface area contributed by atoms with Crippen molar-refractivity contribution in [3.8, 4) is 11.5 Å². The normalized spacial score (nSPS) is 21.3. The van der Waals surface area contributed by atoms with Gasteiger partial charge in [0.05, 0.1) is 17.5 Å². The van der Waals surface area contributed by atoms with E-state index in [9.17, 15) is 19.7 Å². The molecule has 0 saturated carbocycles. The van der Waals surface area contributed by atoms with Crippen LogP contribution in [0.2, 0.25) is 0 Å². The topological polar surface area (TPSA) is 63.9 Å². The van der Waals surface area contributed by atoms with Crippen LogP contribution in [0.3, 0.4) is 0 Å². The summed E-state index contributed by atoms with van der Waals surface area (Å²) in [6.07, 6.45) is 4.70. The van der Waals surface area contributed by atoms with Crippen molar-refractivity contribution in [3.05, 3.63) is 89.7 Å². The molecule has 0 radical (unpaired) electrons. The second-order valence-electron chi connectivity index (χ2n) is 8.62. The predicted molar refractivity (Wildman–Crippen MR) is 132 cm³/mol. The fourth-order valence-corrected chi connectivity index (χ4v) is 5.85. The minimum atomic E-state index is -0.630. The SMILES string of the molecule is CSC1CC(CCCC(O)c2ccc(F)cc2)C(c2ccc(O)cc2O)N1c1ccccc1. The number of aliphatic hydroxyl groups excluding tert-OH is 1. The maximum atomic E-state index is 13.2. The second-order valence-corrected chi connectivity index (χ2v) is 9.63. The first kappa shape index (κ1) is 23.5. The van der Waals surface area contributed by atoms with E-state index in [1.165, 1.54) is 18.2 Å². The number of halogens is 1. The van der Waals surface area contributed by atoms with E-state index in [1.807, 2.05) is 24.3 Å². The van der Waals surface area contributed by atoms with E-state index < -0.39 is 6.10 Å². The van der Waals surface area contributed by atoms with Gasteiger partial charge >= 0.3 is 0 Å². The number of hydrogen-bond donors (Lipinski definition) is 3. The van der Waals surface area contributed by atoms with Gasteiger partial charge < -0.3 is 20.2 Å². The average Bonchev–Trinajstić information content (AvgIpc) is 3.18. The van der Waals surface area contributed by atoms with Gasteiger partial charge in [0.25, 0.3) is 0 Å². The van der Waals surface area contributed by atoms with Gasteiger partial charge in [-0.2, -0.15) is 0 Å². The number of aromatic hydroxyl groups is 2. The molecule has 1 fully saturated rings. The summed E-state index contributed by atoms with van der Waals surface area (Å²) in [7, 11) is 0. The first-order valence-electron chi connectivity index (χ1n) is 11.3. The smallest absolute Gasteiger partial charge is 0.124 e. The molecule has 33 heavy (non-hydrogen) atoms. The number of aliphatic hydroxyl groups is 1. The molecular weight excluding hydrogens is 437 g/mol. The van der Waals surface area contributed by atoms with E-state index in [0.29, 0.717) is 6.42 Å². The highest BCUT2D eigenvalue weighted by molar-refractivity contribution is 7.99. The lowest BCUT2D eigenvalue weighted by Gasteiger charge is -2.34. The molecule has 1 heterocycles. The molecule has 0 spiro atoms. The summed E-state index contributed by atoms with van der Waals surface area (Å²) in [5.74, 6) is 0.0935. The van der Waals surface area contributed by atoms with Gasteiger partial charge in [0.15, 0.2) is 0 Å². The third-order valence-corrected chi connectivity index (χ3v) is 7.49. The summed E-state index contributed by atoms with van der Waals surface area (Å²) in [5, 5.41) is 31.4. The van der Waals surface area contributed by atoms with Crippen molar-refractivity contribution in [1.29, 1.82) is 0 Å². The zero-order chi connectivity index (χ0) is 23.4. The Labute approximate surface area is 198 Å². The fourth-order valence-electron chi connectivity index (χ4n) is 4.93. The number of nitrogens with zero attached hydrogens (tertiary/aromatic N) is 1. The van der Waals surface area contributed by atoms with Gasteiger partial charge in [-0.05, 0) is 73.4 Å². The summed E-state index contributed by atoms with van der Waals surface area (Å²) in [5.41, 5.74) is 2.63. The Kier molecular flexibility index (Phi) is 7.46. The van der Waals surface area contributed by atoms with Crippen LogP contribution in [0.25, 0.3) is 0 Å². The maximum absolute atomic E-state index is 13.2. The minimum Gasteiger partial charge on any atom is -0.508 e. The number of phenols is 2. The van der Waals surface area contributed by atoms with Crippen LogP contribution in [0, 0.1) is 11.7 Å². The number of thioether (sulfide) groups is 1. The molecule has 6 heteroatoms. The van der Waals surface area contributed by atoms with E-state index in [0.717, 1.165) is 36.1 Å². The molecule has 3 N–H and O–H groups in total. The number of benzene rings is 3. The van der Waals surface area contributed by atoms with Crippen LogP contribution in [0.4, 0.5) is 10.1 Å². The molecule has 0 amide bonds. The molecule has 0 bridgehead atoms. The van der Waals surface area contributed by atoms with Crippen LogP contribution in [0.15, 0.2) is 72.8 Å². The van der Waals surface area contributed by atoms with E-state index in [1.54, 1.807) is 30.0 Å². The lowest BCUT2D eigenvalue weighted by atomic mass is 9.88. The van der Waals surface area contributed by atoms with Crippen molar-refractivity contribution >= 4 is 17.4 Å². The van der Waals surface area contributed by atoms with Crippen molar-refractivity contribution in [2.45, 2.75) is 43.2 Å². The molecular formula is C27H30FNO3S. The number of para-hydroxylation sites is 1. The number of phenolic OH excluding ortho intramolecular Hbond substituents is 2. The molecule has 1 aliphatic heterocycles. The van der Waals surface area contributed by atoms with Crippen LogP contribution < -0.4 is 4.90 Å². The predicted octanol–water partition coefficient (Wildman–Crippen LogP) is 6.40. The highest BCUT2D eigenvalue weighted by Crippen LogP contribution is 2.50. The first-order chi connectivity index (χ1) is 16.0. The Morgan fingerprint density at radius 2 is 1.76 bits per heavy atom. The summed E-state index contributed by atoms with van der Waals surface area (Å²) >= 11 is 1.79. The van der Waals surface area contributed by atoms with E-state index in [-0.39, 0.29) is 34.6 Å². The summed E-state index contributed by atoms with van der Waals surface area (Å²) in [6.45, 7) is 0. The Balaban J connectivity index is 1.56. The lowest BCUT2D eigenvalue weighted by Crippen LogP contribution is -2.30. The number of anilines is 1. The van der Waals surface area contributed by atoms with Gasteiger partial charge in [-0.1, -0.05) is 36.8 Å². The molecule has 3 aromatic rings. The van der Waals surface area contributed by atoms with Gasteiger partial charge in [0.1, 0.15) is 17.3 Å². The molecule has 4 atom stereocenters. The van der Waals surface area contributed by atoms with Crippen LogP contribution in [0.5, 0.6) is 11.5 Å². The fraction of sp³-hybridized carbons (Fsp3) is 0.333. The largest absolute Gasteiger partial charge is 0.508 e. The molecule has 3 aromatic carbocycles. The van der Waals surface area contributed by atoms with Gasteiger partial charge in [-0.3, -0.25) is 0 Å². The summed E-state index contributed by atoms with van der Waals surface area (Å²) in [4.78, 5) is 2.37. The third-order valence-electron chi connectivity index (χ3n) is 6.53. The molecule has 0 aliphatic carbocycles. The highest BCUT2D eigenvalue weighted by Gasteiger charge is 2.42. The van der Waals surface area contributed by atoms with Crippen LogP contribution >= 0.6 is 11.8 Å². The third kappa shape index (κ3) is 5.28. The van der Waals surface area contributed by atoms with Gasteiger partial charge in [-0.25, -0.2) is 4.39 Å². The lowest BCUT2D eigenvalue weighted by molar-refractivity contribution is 0.160. The monoisotopic (exact) mass is 467 g/mol. The zero-order valence-electron chi connectivity index (χ0n) is 18.6. The molecule has 4 rings (SSSR count). The molecule has 174 valence electrons. The first-order valence-corrected chi connectivity index (χ1v) is 12.6. The standard InChI is InChI=1S/C27H30FNO3S/c1-33-26-16-19(6-5-9-24(31)18-10-12-20(28)13-11-18)27(23-15-14-22(30)17-25(23)32)29(26)21-7-3-2-4-8-21/h2-4,7-8,10-15,17,19,24,26-27,30-32H,5-6,9,16H2,1H3. The zero-order valence-corrected chi connectivity index (χ0v) is 19.5. The van der Waals surface area contributed by atoms with Gasteiger partial charge in [0.2, 0.25) is 0 Å². The highest BCUT2D eigenvalue weighted by atomic mass is 32.2. The van der Waals surface area contributed by atoms with E-state index in [4.69, 9.17) is 0 Å². The quantitative estimate of drug-likeness (QED) is 0.358. The van der Waals surface area contributed by atoms with Crippen LogP contribution in [-0.2, 0) is 0 Å². The Morgan fingerprint density at radius 1 is 1.03 bits per heavy atom. The van der Waals surface area contributed by atoms with Gasteiger partial charge in [-0.15, -0.1) is 11.8 Å². The Hall–Kier alpha value is -2.70. The van der Waals surface area contributed by atoms with Crippen molar-refractivity contribution in [2.24, 2.45) is 5.92 Å². The maximum Gasteiger partial charge on any atom is 0.124 e. The van der Waals surface area contributed by atoms with Crippen molar-refractivity contribution in [3.63, 3.8) is 0 Å². The van der Waals surface area contributed by atoms with E-state index in [2.05, 4.69) is 23.3 Å². The van der Waals surface area contributed by atoms with Crippen LogP contribution in [-0.4, -0.2) is 26.9 Å². The molecule has 4 nitrogen and oxygen atoms in total. The average molecular weight is 468 g/mol. The second kappa shape index (κ2) is 10.5. The molecule has 4 unspecified atom stereocenters. The summed E-state index contributed by atoms with van der Waals surface area (Å²) in [6, 6.07) is 21.0. The van der Waals surface area contributed by atoms with Crippen molar-refractivity contribution in [1.82, 2.24) is 0 Å². The van der Waals surface area contributed by atoms with E-state index >= 15 is 0 Å². The Bertz CT molecular complexity index is 1050. The Morgan fingerprint density at radius 3 is 2.42 bits per heavy atom. The molecule has 1 aliphatic rings. The molecule has 1 saturated heterocycles. The van der Waals surface area contributed by atoms with Crippen molar-refractivity contribution < 1.29 is 19.7 Å². The van der Waals surface area contributed by atoms with Gasteiger partial charge in [0, 0.05) is 17.3 Å². The number of hydrogen-bond acceptors (Lipinski definition) is 5. The minimum absolute atomic E-state index is 0.0425. The van der Waals surface area contributed by atoms with Crippen LogP contribution in [0.1, 0.15) is 49.0 Å². The number of rotatable bonds is 8. The van der Waals surface area contributed by atoms with Crippen molar-refractivity contribution in [2.75, 3.05) is 11.2 Å².